The van der Waals surface area contributed by atoms with Gasteiger partial charge in [-0.25, -0.2) is 0 Å². The van der Waals surface area contributed by atoms with Gasteiger partial charge in [-0.05, 0) is 109 Å². The highest BCUT2D eigenvalue weighted by Gasteiger charge is 2.30. The van der Waals surface area contributed by atoms with Crippen LogP contribution < -0.4 is 0 Å². The smallest absolute Gasteiger partial charge is 0.0593 e. The number of hydrogen-bond donors (Lipinski definition) is 0. The van der Waals surface area contributed by atoms with Crippen LogP contribution in [0.4, 0.5) is 0 Å². The summed E-state index contributed by atoms with van der Waals surface area (Å²) in [6.45, 7) is 9.42. The van der Waals surface area contributed by atoms with Crippen molar-refractivity contribution in [1.82, 2.24) is 9.13 Å². The molecule has 0 unspecified atom stereocenters. The van der Waals surface area contributed by atoms with Gasteiger partial charge in [-0.1, -0.05) is 135 Å². The second-order valence-corrected chi connectivity index (χ2v) is 19.5. The van der Waals surface area contributed by atoms with Crippen LogP contribution in [0, 0.1) is 13.8 Å². The average molecular weight is 857 g/mol. The molecule has 306 valence electrons. The van der Waals surface area contributed by atoms with E-state index in [0.717, 1.165) is 12.8 Å². The molecule has 0 amide bonds. The number of rotatable bonds is 6. The van der Waals surface area contributed by atoms with Crippen LogP contribution in [0.25, 0.3) is 118 Å². The van der Waals surface area contributed by atoms with Crippen molar-refractivity contribution in [3.63, 3.8) is 0 Å². The first-order chi connectivity index (χ1) is 31.6. The zero-order valence-corrected chi connectivity index (χ0v) is 37.9. The molecule has 4 aromatic heterocycles. The highest BCUT2D eigenvalue weighted by Crippen LogP contribution is 2.52. The van der Waals surface area contributed by atoms with Crippen molar-refractivity contribution in [1.29, 1.82) is 0 Å². The van der Waals surface area contributed by atoms with Crippen molar-refractivity contribution in [2.75, 3.05) is 0 Å². The summed E-state index contributed by atoms with van der Waals surface area (Å²) in [6, 6.07) is 64.0. The molecule has 0 fully saturated rings. The molecule has 0 saturated heterocycles. The van der Waals surface area contributed by atoms with Gasteiger partial charge in [0.05, 0.1) is 33.4 Å². The normalized spacial score (nSPS) is 12.2. The van der Waals surface area contributed by atoms with Gasteiger partial charge in [-0.2, -0.15) is 0 Å². The summed E-state index contributed by atoms with van der Waals surface area (Å²) in [5.41, 5.74) is 17.8. The maximum Gasteiger partial charge on any atom is 0.0593 e. The average Bonchev–Trinajstić information content (AvgIpc) is 4.09. The van der Waals surface area contributed by atoms with Gasteiger partial charge >= 0.3 is 0 Å². The molecule has 13 aromatic rings. The number of fused-ring (bicyclic) bond motifs is 14. The van der Waals surface area contributed by atoms with Gasteiger partial charge in [0.2, 0.25) is 0 Å². The van der Waals surface area contributed by atoms with Crippen LogP contribution in [-0.2, 0) is 12.8 Å². The Morgan fingerprint density at radius 2 is 0.734 bits per heavy atom. The fourth-order valence-electron chi connectivity index (χ4n) is 11.4. The van der Waals surface area contributed by atoms with Crippen molar-refractivity contribution in [3.8, 4) is 33.6 Å². The Labute approximate surface area is 379 Å². The first-order valence-corrected chi connectivity index (χ1v) is 24.2. The van der Waals surface area contributed by atoms with E-state index in [9.17, 15) is 0 Å². The minimum Gasteiger partial charge on any atom is -0.308 e. The summed E-state index contributed by atoms with van der Waals surface area (Å²) in [5, 5.41) is 10.6. The molecule has 0 aliphatic heterocycles. The van der Waals surface area contributed by atoms with E-state index in [1.54, 1.807) is 0 Å². The SMILES string of the molecule is CCc1ccccc1-c1c(C)c(-c2ccccc2CC)c(-n2c3ccccc3c3c4c(ccc32)sc2ccccc24)c(C)c1-n1c2ccccc2c2c3c(ccc21)sc1ccccc13. The summed E-state index contributed by atoms with van der Waals surface area (Å²) >= 11 is 3.79. The van der Waals surface area contributed by atoms with Crippen molar-refractivity contribution in [2.24, 2.45) is 0 Å². The van der Waals surface area contributed by atoms with E-state index >= 15 is 0 Å². The first kappa shape index (κ1) is 37.6. The standard InChI is InChI=1S/C60H44N2S2/c1-5-37-19-7-9-21-39(37)53-35(3)54(40-22-10-8-20-38(40)6-2)60(62-46-28-16-12-24-42(46)56-48(62)32-34-52-58(56)44-26-14-18-30-50(44)64-52)36(4)59(53)61-45-27-15-11-23-41(45)55-47(61)31-33-51-57(55)43-25-13-17-29-49(43)63-51/h7-34H,5-6H2,1-4H3. The van der Waals surface area contributed by atoms with Gasteiger partial charge in [0.15, 0.2) is 0 Å². The van der Waals surface area contributed by atoms with E-state index in [1.165, 1.54) is 140 Å². The van der Waals surface area contributed by atoms with Crippen LogP contribution in [0.3, 0.4) is 0 Å². The third kappa shape index (κ3) is 5.12. The molecule has 4 heterocycles. The quantitative estimate of drug-likeness (QED) is 0.158. The zero-order chi connectivity index (χ0) is 42.8. The number of nitrogens with zero attached hydrogens (tertiary/aromatic N) is 2. The molecule has 0 aliphatic carbocycles. The van der Waals surface area contributed by atoms with Crippen molar-refractivity contribution < 1.29 is 0 Å². The van der Waals surface area contributed by atoms with Crippen molar-refractivity contribution in [3.05, 3.63) is 192 Å². The first-order valence-electron chi connectivity index (χ1n) is 22.6. The number of para-hydroxylation sites is 2. The van der Waals surface area contributed by atoms with Crippen LogP contribution in [0.1, 0.15) is 36.1 Å². The van der Waals surface area contributed by atoms with Crippen molar-refractivity contribution >= 4 is 107 Å². The lowest BCUT2D eigenvalue weighted by molar-refractivity contribution is 1.08. The zero-order valence-electron chi connectivity index (χ0n) is 36.3. The van der Waals surface area contributed by atoms with Crippen LogP contribution in [0.2, 0.25) is 0 Å². The molecule has 2 nitrogen and oxygen atoms in total. The highest BCUT2D eigenvalue weighted by atomic mass is 32.1. The fourth-order valence-corrected chi connectivity index (χ4v) is 13.6. The number of aromatic nitrogens is 2. The highest BCUT2D eigenvalue weighted by molar-refractivity contribution is 7.26. The van der Waals surface area contributed by atoms with E-state index < -0.39 is 0 Å². The number of benzene rings is 9. The molecule has 0 bridgehead atoms. The number of thiophene rings is 2. The number of hydrogen-bond acceptors (Lipinski definition) is 2. The molecule has 4 heteroatoms. The Kier molecular flexibility index (Phi) is 8.37. The van der Waals surface area contributed by atoms with Gasteiger partial charge in [0, 0.05) is 73.0 Å². The summed E-state index contributed by atoms with van der Waals surface area (Å²) in [5.74, 6) is 0. The third-order valence-electron chi connectivity index (χ3n) is 14.1. The molecule has 0 aliphatic rings. The van der Waals surface area contributed by atoms with Gasteiger partial charge in [-0.3, -0.25) is 0 Å². The Hall–Kier alpha value is -6.98. The maximum atomic E-state index is 2.64. The second kappa shape index (κ2) is 14.3. The lowest BCUT2D eigenvalue weighted by Gasteiger charge is -2.29. The minimum absolute atomic E-state index is 0.933. The summed E-state index contributed by atoms with van der Waals surface area (Å²) in [7, 11) is 0. The summed E-state index contributed by atoms with van der Waals surface area (Å²) in [4.78, 5) is 0. The molecule has 0 radical (unpaired) electrons. The molecule has 0 atom stereocenters. The largest absolute Gasteiger partial charge is 0.308 e. The Morgan fingerprint density at radius 3 is 1.19 bits per heavy atom. The summed E-state index contributed by atoms with van der Waals surface area (Å²) < 4.78 is 10.6. The van der Waals surface area contributed by atoms with E-state index in [2.05, 4.69) is 207 Å². The lowest BCUT2D eigenvalue weighted by atomic mass is 9.83. The topological polar surface area (TPSA) is 9.86 Å². The van der Waals surface area contributed by atoms with Crippen molar-refractivity contribution in [2.45, 2.75) is 40.5 Å². The monoisotopic (exact) mass is 856 g/mol. The Balaban J connectivity index is 1.29. The van der Waals surface area contributed by atoms with E-state index in [1.807, 2.05) is 22.7 Å². The Bertz CT molecular complexity index is 3810. The lowest BCUT2D eigenvalue weighted by Crippen LogP contribution is -2.11. The predicted octanol–water partition coefficient (Wildman–Crippen LogP) is 17.7. The van der Waals surface area contributed by atoms with Crippen LogP contribution in [-0.4, -0.2) is 9.13 Å². The van der Waals surface area contributed by atoms with E-state index in [4.69, 9.17) is 0 Å². The van der Waals surface area contributed by atoms with Crippen LogP contribution >= 0.6 is 22.7 Å². The fraction of sp³-hybridized carbons (Fsp3) is 0.100. The molecule has 13 rings (SSSR count). The summed E-state index contributed by atoms with van der Waals surface area (Å²) in [6.07, 6.45) is 1.87. The van der Waals surface area contributed by atoms with Gasteiger partial charge in [0.1, 0.15) is 0 Å². The molecule has 64 heavy (non-hydrogen) atoms. The molecule has 0 saturated carbocycles. The predicted molar refractivity (Wildman–Crippen MR) is 280 cm³/mol. The molecule has 9 aromatic carbocycles. The van der Waals surface area contributed by atoms with Gasteiger partial charge in [0.25, 0.3) is 0 Å². The second-order valence-electron chi connectivity index (χ2n) is 17.3. The van der Waals surface area contributed by atoms with E-state index in [0.29, 0.717) is 0 Å². The molecular formula is C60H44N2S2. The van der Waals surface area contributed by atoms with Gasteiger partial charge < -0.3 is 9.13 Å². The molecule has 0 N–H and O–H groups in total. The van der Waals surface area contributed by atoms with Crippen LogP contribution in [0.15, 0.2) is 170 Å². The van der Waals surface area contributed by atoms with Crippen LogP contribution in [0.5, 0.6) is 0 Å². The van der Waals surface area contributed by atoms with E-state index in [-0.39, 0.29) is 0 Å². The minimum atomic E-state index is 0.933. The van der Waals surface area contributed by atoms with Gasteiger partial charge in [-0.15, -0.1) is 22.7 Å². The molecular weight excluding hydrogens is 813 g/mol. The third-order valence-corrected chi connectivity index (χ3v) is 16.3. The Morgan fingerprint density at radius 1 is 0.344 bits per heavy atom. The number of aryl methyl sites for hydroxylation is 2. The molecule has 0 spiro atoms. The maximum absolute atomic E-state index is 2.64.